The maximum Gasteiger partial charge on any atom is 0.335 e. The van der Waals surface area contributed by atoms with Crippen molar-refractivity contribution in [3.8, 4) is 0 Å². The van der Waals surface area contributed by atoms with Crippen LogP contribution < -0.4 is 16.9 Å². The number of carboxylic acids is 1. The number of ether oxygens (including phenoxy) is 1. The number of benzene rings is 1. The summed E-state index contributed by atoms with van der Waals surface area (Å²) < 4.78 is 5.25. The molecule has 152 valence electrons. The van der Waals surface area contributed by atoms with E-state index in [-0.39, 0.29) is 27.5 Å². The molecule has 1 aromatic rings. The maximum absolute atomic E-state index is 11.3. The summed E-state index contributed by atoms with van der Waals surface area (Å²) in [6.07, 6.45) is -8.75. The van der Waals surface area contributed by atoms with E-state index in [1.54, 1.807) is 18.2 Å². The highest BCUT2D eigenvalue weighted by Gasteiger charge is 2.50. The third kappa shape index (κ3) is 3.43. The normalized spacial score (nSPS) is 30.7. The van der Waals surface area contributed by atoms with E-state index in [1.807, 2.05) is 0 Å². The van der Waals surface area contributed by atoms with E-state index in [2.05, 4.69) is 10.4 Å². The molecule has 1 saturated heterocycles. The molecule has 0 saturated carbocycles. The Kier molecular flexibility index (Phi) is 5.57. The quantitative estimate of drug-likeness (QED) is 0.298. The highest BCUT2D eigenvalue weighted by Crippen LogP contribution is 2.32. The molecular weight excluding hydrogens is 417 g/mol. The first-order valence-corrected chi connectivity index (χ1v) is 8.65. The van der Waals surface area contributed by atoms with E-state index >= 15 is 0 Å². The standard InChI is InChI=1S/C15H17Cl2N5O6/c16-5-3-1-2-4(6(5)17)7-12(18)20-15(19)22(21-7)13-10(25)8(23)9(24)11(28-13)14(26)27/h1-3,8-11,13,21,23-25H,18H2,(H2,19,20)(H,26,27)/t8-,9-,10+,11-,13+/m0/s1. The zero-order chi connectivity index (χ0) is 20.7. The molecule has 2 heterocycles. The number of hydrogen-bond acceptors (Lipinski definition) is 10. The van der Waals surface area contributed by atoms with Crippen molar-refractivity contribution in [3.05, 3.63) is 39.6 Å². The van der Waals surface area contributed by atoms with Gasteiger partial charge in [0.1, 0.15) is 24.0 Å². The second-order valence-corrected chi connectivity index (χ2v) is 6.86. The fraction of sp³-hybridized carbons (Fsp3) is 0.333. The number of carboxylic acid groups (broad SMARTS) is 1. The first kappa shape index (κ1) is 20.5. The number of nitrogens with two attached hydrogens (primary N) is 2. The van der Waals surface area contributed by atoms with Crippen LogP contribution in [0.5, 0.6) is 0 Å². The monoisotopic (exact) mass is 433 g/mol. The summed E-state index contributed by atoms with van der Waals surface area (Å²) in [5.41, 5.74) is 15.0. The molecule has 5 atom stereocenters. The van der Waals surface area contributed by atoms with E-state index in [9.17, 15) is 25.2 Å². The Hall–Kier alpha value is -2.28. The summed E-state index contributed by atoms with van der Waals surface area (Å²) in [5, 5.41) is 40.7. The summed E-state index contributed by atoms with van der Waals surface area (Å²) in [5.74, 6) is -1.88. The second-order valence-electron chi connectivity index (χ2n) is 6.07. The van der Waals surface area contributed by atoms with Crippen LogP contribution in [0.1, 0.15) is 5.56 Å². The Morgan fingerprint density at radius 3 is 2.50 bits per heavy atom. The van der Waals surface area contributed by atoms with Crippen LogP contribution in [0.3, 0.4) is 0 Å². The lowest BCUT2D eigenvalue weighted by Gasteiger charge is -2.45. The number of halogens is 2. The van der Waals surface area contributed by atoms with E-state index in [4.69, 9.17) is 39.4 Å². The predicted molar refractivity (Wildman–Crippen MR) is 98.5 cm³/mol. The first-order chi connectivity index (χ1) is 13.1. The van der Waals surface area contributed by atoms with Gasteiger partial charge in [-0.2, -0.15) is 4.99 Å². The summed E-state index contributed by atoms with van der Waals surface area (Å²) in [7, 11) is 0. The van der Waals surface area contributed by atoms with E-state index in [0.717, 1.165) is 5.01 Å². The van der Waals surface area contributed by atoms with Gasteiger partial charge < -0.3 is 36.6 Å². The van der Waals surface area contributed by atoms with Crippen molar-refractivity contribution < 1.29 is 30.0 Å². The van der Waals surface area contributed by atoms with Crippen LogP contribution in [0.15, 0.2) is 29.0 Å². The van der Waals surface area contributed by atoms with Gasteiger partial charge in [0.05, 0.1) is 10.0 Å². The third-order valence-electron chi connectivity index (χ3n) is 4.28. The van der Waals surface area contributed by atoms with Gasteiger partial charge in [-0.05, 0) is 6.07 Å². The molecule has 28 heavy (non-hydrogen) atoms. The number of aliphatic hydroxyl groups excluding tert-OH is 3. The summed E-state index contributed by atoms with van der Waals surface area (Å²) >= 11 is 12.2. The van der Waals surface area contributed by atoms with Gasteiger partial charge in [0.2, 0.25) is 5.96 Å². The predicted octanol–water partition coefficient (Wildman–Crippen LogP) is -1.39. The second kappa shape index (κ2) is 7.62. The van der Waals surface area contributed by atoms with Crippen molar-refractivity contribution in [3.63, 3.8) is 0 Å². The zero-order valence-electron chi connectivity index (χ0n) is 14.0. The van der Waals surface area contributed by atoms with Crippen molar-refractivity contribution in [1.29, 1.82) is 0 Å². The molecule has 3 rings (SSSR count). The van der Waals surface area contributed by atoms with Gasteiger partial charge in [0.15, 0.2) is 18.2 Å². The van der Waals surface area contributed by atoms with Crippen molar-refractivity contribution in [1.82, 2.24) is 10.4 Å². The Balaban J connectivity index is 1.97. The fourth-order valence-corrected chi connectivity index (χ4v) is 3.23. The van der Waals surface area contributed by atoms with Crippen molar-refractivity contribution in [2.24, 2.45) is 16.5 Å². The topological polar surface area (TPSA) is 187 Å². The minimum Gasteiger partial charge on any atom is -0.479 e. The van der Waals surface area contributed by atoms with Crippen LogP contribution in [0.4, 0.5) is 0 Å². The lowest BCUT2D eigenvalue weighted by Crippen LogP contribution is -2.68. The van der Waals surface area contributed by atoms with Crippen LogP contribution in [-0.2, 0) is 9.53 Å². The van der Waals surface area contributed by atoms with Crippen LogP contribution in [0.25, 0.3) is 5.70 Å². The molecule has 11 nitrogen and oxygen atoms in total. The number of nitrogens with one attached hydrogen (secondary N) is 1. The summed E-state index contributed by atoms with van der Waals surface area (Å²) in [4.78, 5) is 15.3. The fourth-order valence-electron chi connectivity index (χ4n) is 2.84. The number of guanidine groups is 1. The van der Waals surface area contributed by atoms with Gasteiger partial charge in [0, 0.05) is 5.56 Å². The molecule has 9 N–H and O–H groups in total. The van der Waals surface area contributed by atoms with Crippen molar-refractivity contribution in [2.45, 2.75) is 30.6 Å². The average Bonchev–Trinajstić information content (AvgIpc) is 2.63. The minimum atomic E-state index is -1.85. The van der Waals surface area contributed by atoms with Gasteiger partial charge in [-0.1, -0.05) is 35.3 Å². The number of hydrogen-bond donors (Lipinski definition) is 7. The van der Waals surface area contributed by atoms with Gasteiger partial charge in [-0.3, -0.25) is 5.43 Å². The van der Waals surface area contributed by atoms with Gasteiger partial charge in [-0.15, -0.1) is 0 Å². The molecule has 13 heteroatoms. The molecule has 1 aromatic carbocycles. The summed E-state index contributed by atoms with van der Waals surface area (Å²) in [6.45, 7) is 0. The zero-order valence-corrected chi connectivity index (χ0v) is 15.5. The van der Waals surface area contributed by atoms with Gasteiger partial charge in [0.25, 0.3) is 0 Å². The van der Waals surface area contributed by atoms with Gasteiger partial charge >= 0.3 is 5.97 Å². The molecule has 0 bridgehead atoms. The number of nitrogens with zero attached hydrogens (tertiary/aromatic N) is 2. The number of aliphatic carboxylic acids is 1. The number of hydrazine groups is 1. The first-order valence-electron chi connectivity index (χ1n) is 7.90. The molecular formula is C15H17Cl2N5O6. The van der Waals surface area contributed by atoms with Crippen LogP contribution in [0, 0.1) is 0 Å². The molecule has 0 unspecified atom stereocenters. The molecule has 0 amide bonds. The smallest absolute Gasteiger partial charge is 0.335 e. The van der Waals surface area contributed by atoms with Gasteiger partial charge in [-0.25, -0.2) is 9.80 Å². The third-order valence-corrected chi connectivity index (χ3v) is 5.10. The van der Waals surface area contributed by atoms with Crippen LogP contribution in [0.2, 0.25) is 10.0 Å². The number of aliphatic hydroxyl groups is 3. The summed E-state index contributed by atoms with van der Waals surface area (Å²) in [6, 6.07) is 4.77. The number of carbonyl (C=O) groups is 1. The number of aliphatic imine (C=N–C) groups is 1. The lowest BCUT2D eigenvalue weighted by molar-refractivity contribution is -0.254. The van der Waals surface area contributed by atoms with Crippen LogP contribution >= 0.6 is 23.2 Å². The van der Waals surface area contributed by atoms with Crippen molar-refractivity contribution in [2.75, 3.05) is 0 Å². The van der Waals surface area contributed by atoms with E-state index in [0.29, 0.717) is 5.56 Å². The molecule has 2 aliphatic rings. The minimum absolute atomic E-state index is 0.0569. The molecule has 0 spiro atoms. The van der Waals surface area contributed by atoms with E-state index in [1.165, 1.54) is 0 Å². The molecule has 0 aromatic heterocycles. The Morgan fingerprint density at radius 1 is 1.18 bits per heavy atom. The Morgan fingerprint density at radius 2 is 1.86 bits per heavy atom. The molecule has 1 fully saturated rings. The maximum atomic E-state index is 11.3. The Labute approximate surface area is 168 Å². The molecule has 0 aliphatic carbocycles. The largest absolute Gasteiger partial charge is 0.479 e. The highest BCUT2D eigenvalue weighted by molar-refractivity contribution is 6.43. The lowest BCUT2D eigenvalue weighted by atomic mass is 9.98. The van der Waals surface area contributed by atoms with E-state index < -0.39 is 36.6 Å². The molecule has 2 aliphatic heterocycles. The van der Waals surface area contributed by atoms with Crippen molar-refractivity contribution >= 4 is 40.8 Å². The Bertz CT molecular complexity index is 865. The molecule has 0 radical (unpaired) electrons. The highest BCUT2D eigenvalue weighted by atomic mass is 35.5. The van der Waals surface area contributed by atoms with Crippen LogP contribution in [-0.4, -0.2) is 68.0 Å². The number of rotatable bonds is 3. The average molecular weight is 434 g/mol. The SMILES string of the molecule is NC1=NC(N)=C(c2cccc(Cl)c2Cl)NN1[C@@H]1O[C@H](C(=O)O)[C@@H](O)[C@H](O)[C@H]1O.